The van der Waals surface area contributed by atoms with E-state index in [1.807, 2.05) is 12.1 Å². The molecule has 1 fully saturated rings. The standard InChI is InChI=1S/C18H20BrFN4O/c19-15-6-4-14(16(20)10-15)12-25-23-18(21)13-5-7-17(22-11-13)24-8-2-1-3-9-24/h4-7,10-11H,1-3,8-9,12H2,(H2,21,23). The van der Waals surface area contributed by atoms with Crippen molar-refractivity contribution < 1.29 is 9.23 Å². The highest BCUT2D eigenvalue weighted by Crippen LogP contribution is 2.18. The van der Waals surface area contributed by atoms with Crippen LogP contribution in [0.4, 0.5) is 10.2 Å². The van der Waals surface area contributed by atoms with Gasteiger partial charge in [-0.3, -0.25) is 0 Å². The van der Waals surface area contributed by atoms with Crippen molar-refractivity contribution in [3.63, 3.8) is 0 Å². The summed E-state index contributed by atoms with van der Waals surface area (Å²) < 4.78 is 14.4. The number of nitrogens with two attached hydrogens (primary N) is 1. The van der Waals surface area contributed by atoms with Crippen LogP contribution in [0.3, 0.4) is 0 Å². The van der Waals surface area contributed by atoms with E-state index in [9.17, 15) is 4.39 Å². The summed E-state index contributed by atoms with van der Waals surface area (Å²) in [6.07, 6.45) is 5.37. The molecule has 0 saturated carbocycles. The number of hydrogen-bond donors (Lipinski definition) is 1. The number of amidine groups is 1. The van der Waals surface area contributed by atoms with Crippen molar-refractivity contribution in [1.82, 2.24) is 4.98 Å². The zero-order chi connectivity index (χ0) is 17.6. The summed E-state index contributed by atoms with van der Waals surface area (Å²) in [6.45, 7) is 2.09. The average molecular weight is 407 g/mol. The van der Waals surface area contributed by atoms with Crippen LogP contribution in [0.15, 0.2) is 46.2 Å². The van der Waals surface area contributed by atoms with Crippen molar-refractivity contribution in [2.75, 3.05) is 18.0 Å². The Kier molecular flexibility index (Phi) is 5.86. The van der Waals surface area contributed by atoms with Crippen LogP contribution in [0.1, 0.15) is 30.4 Å². The first-order valence-electron chi connectivity index (χ1n) is 8.24. The highest BCUT2D eigenvalue weighted by atomic mass is 79.9. The first-order chi connectivity index (χ1) is 12.1. The largest absolute Gasteiger partial charge is 0.389 e. The van der Waals surface area contributed by atoms with Gasteiger partial charge in [-0.1, -0.05) is 27.2 Å². The van der Waals surface area contributed by atoms with Gasteiger partial charge in [-0.15, -0.1) is 0 Å². The Bertz CT molecular complexity index is 745. The van der Waals surface area contributed by atoms with Crippen LogP contribution in [-0.2, 0) is 11.4 Å². The van der Waals surface area contributed by atoms with Crippen LogP contribution >= 0.6 is 15.9 Å². The van der Waals surface area contributed by atoms with Gasteiger partial charge in [-0.2, -0.15) is 0 Å². The minimum Gasteiger partial charge on any atom is -0.389 e. The summed E-state index contributed by atoms with van der Waals surface area (Å²) in [4.78, 5) is 11.9. The second-order valence-corrected chi connectivity index (χ2v) is 6.85. The maximum Gasteiger partial charge on any atom is 0.171 e. The van der Waals surface area contributed by atoms with Gasteiger partial charge in [-0.25, -0.2) is 9.37 Å². The number of aromatic nitrogens is 1. The fourth-order valence-corrected chi connectivity index (χ4v) is 3.04. The highest BCUT2D eigenvalue weighted by Gasteiger charge is 2.12. The van der Waals surface area contributed by atoms with E-state index in [4.69, 9.17) is 10.6 Å². The van der Waals surface area contributed by atoms with Crippen molar-refractivity contribution >= 4 is 27.6 Å². The second kappa shape index (κ2) is 8.29. The summed E-state index contributed by atoms with van der Waals surface area (Å²) >= 11 is 3.21. The summed E-state index contributed by atoms with van der Waals surface area (Å²) in [5.41, 5.74) is 7.01. The number of halogens is 2. The molecule has 0 atom stereocenters. The zero-order valence-corrected chi connectivity index (χ0v) is 15.4. The third kappa shape index (κ3) is 4.69. The molecule has 7 heteroatoms. The number of rotatable bonds is 5. The predicted octanol–water partition coefficient (Wildman–Crippen LogP) is 3.81. The van der Waals surface area contributed by atoms with Crippen molar-refractivity contribution in [1.29, 1.82) is 0 Å². The van der Waals surface area contributed by atoms with Gasteiger partial charge in [0.1, 0.15) is 18.2 Å². The van der Waals surface area contributed by atoms with Gasteiger partial charge in [0.2, 0.25) is 0 Å². The van der Waals surface area contributed by atoms with E-state index >= 15 is 0 Å². The van der Waals surface area contributed by atoms with Gasteiger partial charge in [0.05, 0.1) is 0 Å². The van der Waals surface area contributed by atoms with Crippen molar-refractivity contribution in [3.05, 3.63) is 57.9 Å². The fraction of sp³-hybridized carbons (Fsp3) is 0.333. The van der Waals surface area contributed by atoms with Crippen LogP contribution in [0.5, 0.6) is 0 Å². The second-order valence-electron chi connectivity index (χ2n) is 5.94. The number of pyridine rings is 1. The maximum absolute atomic E-state index is 13.7. The van der Waals surface area contributed by atoms with E-state index in [2.05, 4.69) is 31.0 Å². The first kappa shape index (κ1) is 17.7. The van der Waals surface area contributed by atoms with Crippen molar-refractivity contribution in [2.24, 2.45) is 10.9 Å². The van der Waals surface area contributed by atoms with Crippen LogP contribution < -0.4 is 10.6 Å². The van der Waals surface area contributed by atoms with E-state index in [1.54, 1.807) is 18.3 Å². The number of nitrogens with zero attached hydrogens (tertiary/aromatic N) is 3. The van der Waals surface area contributed by atoms with Crippen LogP contribution in [0, 0.1) is 5.82 Å². The highest BCUT2D eigenvalue weighted by molar-refractivity contribution is 9.10. The number of hydrogen-bond acceptors (Lipinski definition) is 4. The molecular weight excluding hydrogens is 387 g/mol. The van der Waals surface area contributed by atoms with Gasteiger partial charge in [-0.05, 0) is 43.5 Å². The summed E-state index contributed by atoms with van der Waals surface area (Å²) in [6, 6.07) is 8.59. The average Bonchev–Trinajstić information content (AvgIpc) is 2.64. The third-order valence-electron chi connectivity index (χ3n) is 4.12. The predicted molar refractivity (Wildman–Crippen MR) is 99.9 cm³/mol. The van der Waals surface area contributed by atoms with Gasteiger partial charge >= 0.3 is 0 Å². The molecule has 0 radical (unpaired) electrons. The number of oxime groups is 1. The van der Waals surface area contributed by atoms with E-state index < -0.39 is 0 Å². The number of anilines is 1. The Balaban J connectivity index is 1.59. The van der Waals surface area contributed by atoms with E-state index in [-0.39, 0.29) is 18.3 Å². The molecule has 1 aromatic carbocycles. The molecule has 0 unspecified atom stereocenters. The summed E-state index contributed by atoms with van der Waals surface area (Å²) in [5.74, 6) is 0.819. The molecule has 1 aliphatic rings. The molecule has 1 aromatic heterocycles. The molecule has 2 heterocycles. The van der Waals surface area contributed by atoms with Gasteiger partial charge in [0.25, 0.3) is 0 Å². The minimum atomic E-state index is -0.351. The SMILES string of the molecule is NC(=NOCc1ccc(Br)cc1F)c1ccc(N2CCCCC2)nc1. The van der Waals surface area contributed by atoms with E-state index in [0.717, 1.165) is 18.9 Å². The Hall–Kier alpha value is -2.15. The molecule has 3 rings (SSSR count). The topological polar surface area (TPSA) is 63.7 Å². The molecule has 0 spiro atoms. The molecule has 0 amide bonds. The third-order valence-corrected chi connectivity index (χ3v) is 4.62. The molecule has 1 saturated heterocycles. The van der Waals surface area contributed by atoms with E-state index in [1.165, 1.54) is 25.3 Å². The lowest BCUT2D eigenvalue weighted by Crippen LogP contribution is -2.30. The van der Waals surface area contributed by atoms with Crippen LogP contribution in [0.25, 0.3) is 0 Å². The molecule has 1 aliphatic heterocycles. The van der Waals surface area contributed by atoms with Crippen LogP contribution in [-0.4, -0.2) is 23.9 Å². The molecule has 5 nitrogen and oxygen atoms in total. The minimum absolute atomic E-state index is 0.0130. The van der Waals surface area contributed by atoms with Gasteiger partial charge in [0, 0.05) is 34.9 Å². The first-order valence-corrected chi connectivity index (χ1v) is 9.03. The Morgan fingerprint density at radius 2 is 2.04 bits per heavy atom. The molecular formula is C18H20BrFN4O. The van der Waals surface area contributed by atoms with Crippen LogP contribution in [0.2, 0.25) is 0 Å². The Morgan fingerprint density at radius 3 is 2.72 bits per heavy atom. The van der Waals surface area contributed by atoms with Gasteiger partial charge in [0.15, 0.2) is 5.84 Å². The molecule has 132 valence electrons. The summed E-state index contributed by atoms with van der Waals surface area (Å²) in [7, 11) is 0. The lowest BCUT2D eigenvalue weighted by Gasteiger charge is -2.27. The zero-order valence-electron chi connectivity index (χ0n) is 13.8. The normalized spacial score (nSPS) is 15.3. The monoisotopic (exact) mass is 406 g/mol. The molecule has 0 bridgehead atoms. The smallest absolute Gasteiger partial charge is 0.171 e. The maximum atomic E-state index is 13.7. The Morgan fingerprint density at radius 1 is 1.24 bits per heavy atom. The Labute approximate surface area is 154 Å². The fourth-order valence-electron chi connectivity index (χ4n) is 2.71. The molecule has 2 aromatic rings. The molecule has 2 N–H and O–H groups in total. The quantitative estimate of drug-likeness (QED) is 0.465. The number of benzene rings is 1. The van der Waals surface area contributed by atoms with Crippen molar-refractivity contribution in [3.8, 4) is 0 Å². The van der Waals surface area contributed by atoms with E-state index in [0.29, 0.717) is 15.6 Å². The lowest BCUT2D eigenvalue weighted by molar-refractivity contribution is 0.127. The molecule has 25 heavy (non-hydrogen) atoms. The molecule has 0 aliphatic carbocycles. The van der Waals surface area contributed by atoms with Crippen molar-refractivity contribution in [2.45, 2.75) is 25.9 Å². The summed E-state index contributed by atoms with van der Waals surface area (Å²) in [5, 5.41) is 3.86. The lowest BCUT2D eigenvalue weighted by atomic mass is 10.1. The van der Waals surface area contributed by atoms with Gasteiger partial charge < -0.3 is 15.5 Å². The number of piperidine rings is 1.